The highest BCUT2D eigenvalue weighted by molar-refractivity contribution is 5.75. The molecule has 2 aromatic carbocycles. The van der Waals surface area contributed by atoms with Crippen molar-refractivity contribution in [2.75, 3.05) is 26.7 Å². The molecule has 1 N–H and O–H groups in total. The zero-order chi connectivity index (χ0) is 20.5. The van der Waals surface area contributed by atoms with Crippen molar-refractivity contribution >= 4 is 5.91 Å². The summed E-state index contributed by atoms with van der Waals surface area (Å²) in [5, 5.41) is 2.97. The fourth-order valence-electron chi connectivity index (χ4n) is 3.33. The van der Waals surface area contributed by atoms with Crippen LogP contribution in [-0.4, -0.2) is 43.7 Å². The zero-order valence-corrected chi connectivity index (χ0v) is 17.5. The zero-order valence-electron chi connectivity index (χ0n) is 17.5. The Labute approximate surface area is 174 Å². The topological polar surface area (TPSA) is 50.8 Å². The number of rotatable bonds is 9. The van der Waals surface area contributed by atoms with Crippen molar-refractivity contribution in [3.8, 4) is 11.5 Å². The van der Waals surface area contributed by atoms with Crippen molar-refractivity contribution < 1.29 is 14.3 Å². The van der Waals surface area contributed by atoms with Crippen molar-refractivity contribution in [1.29, 1.82) is 0 Å². The summed E-state index contributed by atoms with van der Waals surface area (Å²) >= 11 is 0. The van der Waals surface area contributed by atoms with E-state index in [4.69, 9.17) is 9.47 Å². The summed E-state index contributed by atoms with van der Waals surface area (Å²) in [4.78, 5) is 14.4. The van der Waals surface area contributed by atoms with Gasteiger partial charge in [-0.3, -0.25) is 4.79 Å². The van der Waals surface area contributed by atoms with Gasteiger partial charge >= 0.3 is 0 Å². The predicted molar refractivity (Wildman–Crippen MR) is 115 cm³/mol. The van der Waals surface area contributed by atoms with Crippen LogP contribution in [0.1, 0.15) is 36.8 Å². The molecule has 3 rings (SSSR count). The van der Waals surface area contributed by atoms with Crippen molar-refractivity contribution in [3.05, 3.63) is 59.7 Å². The van der Waals surface area contributed by atoms with Crippen molar-refractivity contribution in [3.63, 3.8) is 0 Å². The summed E-state index contributed by atoms with van der Waals surface area (Å²) in [6.45, 7) is 5.30. The Morgan fingerprint density at radius 1 is 1.03 bits per heavy atom. The lowest BCUT2D eigenvalue weighted by Crippen LogP contribution is -2.35. The van der Waals surface area contributed by atoms with Crippen LogP contribution >= 0.6 is 0 Å². The Bertz CT molecular complexity index is 751. The molecule has 0 aromatic heterocycles. The SMILES string of the molecule is Cc1ccc(OCCCC(=O)NCc2ccc(OC3CCN(C)CC3)cc2)cc1. The van der Waals surface area contributed by atoms with Crippen LogP contribution in [0.2, 0.25) is 0 Å². The summed E-state index contributed by atoms with van der Waals surface area (Å²) in [5.41, 5.74) is 2.28. The maximum absolute atomic E-state index is 12.0. The van der Waals surface area contributed by atoms with Crippen LogP contribution in [0.5, 0.6) is 11.5 Å². The number of benzene rings is 2. The van der Waals surface area contributed by atoms with Crippen LogP contribution in [0, 0.1) is 6.92 Å². The maximum atomic E-state index is 12.0. The largest absolute Gasteiger partial charge is 0.494 e. The number of amides is 1. The van der Waals surface area contributed by atoms with E-state index >= 15 is 0 Å². The number of nitrogens with one attached hydrogen (secondary N) is 1. The average Bonchev–Trinajstić information content (AvgIpc) is 2.74. The fourth-order valence-corrected chi connectivity index (χ4v) is 3.33. The number of likely N-dealkylation sites (tertiary alicyclic amines) is 1. The highest BCUT2D eigenvalue weighted by Crippen LogP contribution is 2.19. The number of piperidine rings is 1. The summed E-state index contributed by atoms with van der Waals surface area (Å²) in [7, 11) is 2.15. The Balaban J connectivity index is 1.31. The molecule has 1 aliphatic rings. The number of nitrogens with zero attached hydrogens (tertiary/aromatic N) is 1. The first kappa shape index (κ1) is 21.2. The second-order valence-corrected chi connectivity index (χ2v) is 7.81. The van der Waals surface area contributed by atoms with Gasteiger partial charge in [0.2, 0.25) is 5.91 Å². The molecule has 0 unspecified atom stereocenters. The van der Waals surface area contributed by atoms with E-state index in [0.717, 1.165) is 43.0 Å². The molecule has 0 radical (unpaired) electrons. The van der Waals surface area contributed by atoms with Crippen LogP contribution in [0.25, 0.3) is 0 Å². The first-order valence-electron chi connectivity index (χ1n) is 10.5. The van der Waals surface area contributed by atoms with Gasteiger partial charge in [0.25, 0.3) is 0 Å². The minimum Gasteiger partial charge on any atom is -0.494 e. The molecule has 1 aliphatic heterocycles. The number of carbonyl (C=O) groups excluding carboxylic acids is 1. The van der Waals surface area contributed by atoms with Gasteiger partial charge in [0.05, 0.1) is 6.61 Å². The van der Waals surface area contributed by atoms with E-state index < -0.39 is 0 Å². The summed E-state index contributed by atoms with van der Waals surface area (Å²) in [6.07, 6.45) is 3.61. The molecule has 0 saturated carbocycles. The lowest BCUT2D eigenvalue weighted by molar-refractivity contribution is -0.121. The van der Waals surface area contributed by atoms with Gasteiger partial charge in [0.1, 0.15) is 17.6 Å². The molecular formula is C24H32N2O3. The van der Waals surface area contributed by atoms with Crippen molar-refractivity contribution in [1.82, 2.24) is 10.2 Å². The molecule has 1 heterocycles. The van der Waals surface area contributed by atoms with Crippen LogP contribution in [0.4, 0.5) is 0 Å². The molecule has 156 valence electrons. The third-order valence-electron chi connectivity index (χ3n) is 5.22. The Morgan fingerprint density at radius 2 is 1.69 bits per heavy atom. The summed E-state index contributed by atoms with van der Waals surface area (Å²) < 4.78 is 11.7. The highest BCUT2D eigenvalue weighted by Gasteiger charge is 2.17. The molecule has 1 saturated heterocycles. The molecule has 0 atom stereocenters. The smallest absolute Gasteiger partial charge is 0.220 e. The highest BCUT2D eigenvalue weighted by atomic mass is 16.5. The van der Waals surface area contributed by atoms with E-state index in [1.807, 2.05) is 55.5 Å². The second-order valence-electron chi connectivity index (χ2n) is 7.81. The van der Waals surface area contributed by atoms with E-state index in [9.17, 15) is 4.79 Å². The molecule has 5 nitrogen and oxygen atoms in total. The van der Waals surface area contributed by atoms with E-state index in [1.54, 1.807) is 0 Å². The predicted octanol–water partition coefficient (Wildman–Crippen LogP) is 3.94. The van der Waals surface area contributed by atoms with Crippen LogP contribution in [0.15, 0.2) is 48.5 Å². The molecule has 0 aliphatic carbocycles. The summed E-state index contributed by atoms with van der Waals surface area (Å²) in [6, 6.07) is 16.0. The van der Waals surface area contributed by atoms with Crippen LogP contribution < -0.4 is 14.8 Å². The van der Waals surface area contributed by atoms with Crippen molar-refractivity contribution in [2.24, 2.45) is 0 Å². The minimum atomic E-state index is 0.0455. The number of aryl methyl sites for hydroxylation is 1. The summed E-state index contributed by atoms with van der Waals surface area (Å²) in [5.74, 6) is 1.80. The van der Waals surface area contributed by atoms with Gasteiger partial charge in [-0.15, -0.1) is 0 Å². The van der Waals surface area contributed by atoms with Gasteiger partial charge in [0, 0.05) is 26.1 Å². The van der Waals surface area contributed by atoms with Gasteiger partial charge < -0.3 is 19.7 Å². The molecule has 0 spiro atoms. The Hall–Kier alpha value is -2.53. The molecule has 1 amide bonds. The minimum absolute atomic E-state index is 0.0455. The third kappa shape index (κ3) is 7.42. The molecule has 2 aromatic rings. The number of hydrogen-bond donors (Lipinski definition) is 1. The number of carbonyl (C=O) groups is 1. The normalized spacial score (nSPS) is 15.1. The molecule has 1 fully saturated rings. The molecular weight excluding hydrogens is 364 g/mol. The third-order valence-corrected chi connectivity index (χ3v) is 5.22. The van der Waals surface area contributed by atoms with Gasteiger partial charge in [-0.05, 0) is 63.1 Å². The van der Waals surface area contributed by atoms with Gasteiger partial charge in [0.15, 0.2) is 0 Å². The van der Waals surface area contributed by atoms with Crippen molar-refractivity contribution in [2.45, 2.75) is 45.3 Å². The van der Waals surface area contributed by atoms with Gasteiger partial charge in [-0.1, -0.05) is 29.8 Å². The van der Waals surface area contributed by atoms with E-state index in [-0.39, 0.29) is 5.91 Å². The van der Waals surface area contributed by atoms with Gasteiger partial charge in [-0.25, -0.2) is 0 Å². The second kappa shape index (κ2) is 10.9. The van der Waals surface area contributed by atoms with E-state index in [0.29, 0.717) is 32.1 Å². The first-order chi connectivity index (χ1) is 14.1. The molecule has 0 bridgehead atoms. The van der Waals surface area contributed by atoms with Crippen LogP contribution in [0.3, 0.4) is 0 Å². The molecule has 29 heavy (non-hydrogen) atoms. The first-order valence-corrected chi connectivity index (χ1v) is 10.5. The monoisotopic (exact) mass is 396 g/mol. The van der Waals surface area contributed by atoms with E-state index in [1.165, 1.54) is 5.56 Å². The Morgan fingerprint density at radius 3 is 2.38 bits per heavy atom. The molecule has 5 heteroatoms. The lowest BCUT2D eigenvalue weighted by Gasteiger charge is -2.29. The lowest BCUT2D eigenvalue weighted by atomic mass is 10.1. The maximum Gasteiger partial charge on any atom is 0.220 e. The Kier molecular flexibility index (Phi) is 7.94. The fraction of sp³-hybridized carbons (Fsp3) is 0.458. The number of ether oxygens (including phenoxy) is 2. The standard InChI is InChI=1S/C24H32N2O3/c1-19-5-9-21(10-6-19)28-17-3-4-24(27)25-18-20-7-11-22(12-8-20)29-23-13-15-26(2)16-14-23/h5-12,23H,3-4,13-18H2,1-2H3,(H,25,27). The quantitative estimate of drug-likeness (QED) is 0.652. The van der Waals surface area contributed by atoms with E-state index in [2.05, 4.69) is 17.3 Å². The van der Waals surface area contributed by atoms with Gasteiger partial charge in [-0.2, -0.15) is 0 Å². The van der Waals surface area contributed by atoms with Crippen LogP contribution in [-0.2, 0) is 11.3 Å². The average molecular weight is 397 g/mol. The number of hydrogen-bond acceptors (Lipinski definition) is 4.